The molecule has 0 heterocycles. The van der Waals surface area contributed by atoms with E-state index in [1.54, 1.807) is 7.11 Å². The van der Waals surface area contributed by atoms with Crippen molar-refractivity contribution in [1.29, 1.82) is 0 Å². The molecular formula is C9H12O2. The molecule has 0 radical (unpaired) electrons. The van der Waals surface area contributed by atoms with Gasteiger partial charge in [0.1, 0.15) is 5.78 Å². The third-order valence-corrected chi connectivity index (χ3v) is 2.74. The first-order valence-electron chi connectivity index (χ1n) is 4.03. The molecule has 1 saturated carbocycles. The molecule has 2 rings (SSSR count). The number of carbonyl (C=O) groups is 1. The molecule has 1 fully saturated rings. The summed E-state index contributed by atoms with van der Waals surface area (Å²) in [5, 5.41) is 0. The number of ether oxygens (including phenoxy) is 1. The van der Waals surface area contributed by atoms with Crippen LogP contribution in [0.3, 0.4) is 0 Å². The lowest BCUT2D eigenvalue weighted by Crippen LogP contribution is -2.15. The highest BCUT2D eigenvalue weighted by Gasteiger charge is 2.43. The Balaban J connectivity index is 2.11. The third-order valence-electron chi connectivity index (χ3n) is 2.74. The van der Waals surface area contributed by atoms with E-state index < -0.39 is 0 Å². The average Bonchev–Trinajstić information content (AvgIpc) is 2.46. The smallest absolute Gasteiger partial charge is 0.140 e. The highest BCUT2D eigenvalue weighted by Crippen LogP contribution is 2.41. The van der Waals surface area contributed by atoms with Crippen molar-refractivity contribution >= 4 is 5.78 Å². The van der Waals surface area contributed by atoms with Crippen molar-refractivity contribution in [3.05, 3.63) is 12.2 Å². The molecule has 3 atom stereocenters. The quantitative estimate of drug-likeness (QED) is 0.552. The highest BCUT2D eigenvalue weighted by atomic mass is 16.5. The zero-order valence-electron chi connectivity index (χ0n) is 6.62. The van der Waals surface area contributed by atoms with E-state index in [2.05, 4.69) is 6.08 Å². The first-order valence-corrected chi connectivity index (χ1v) is 4.03. The summed E-state index contributed by atoms with van der Waals surface area (Å²) in [5.74, 6) is 1.51. The standard InChI is InChI=1S/C9H12O2/c1-11-5-8-6-2-3-7(8)9(10)4-6/h2-3,6-8H,4-5H2,1H3/t6-,7+,8-/m0/s1. The van der Waals surface area contributed by atoms with E-state index in [0.717, 1.165) is 13.0 Å². The first-order chi connectivity index (χ1) is 5.33. The molecule has 2 aliphatic rings. The second-order valence-electron chi connectivity index (χ2n) is 3.36. The molecule has 0 aromatic rings. The zero-order chi connectivity index (χ0) is 7.84. The molecule has 0 aromatic carbocycles. The topological polar surface area (TPSA) is 26.3 Å². The van der Waals surface area contributed by atoms with Crippen LogP contribution in [0.25, 0.3) is 0 Å². The van der Waals surface area contributed by atoms with Crippen molar-refractivity contribution in [3.63, 3.8) is 0 Å². The van der Waals surface area contributed by atoms with Crippen LogP contribution in [0, 0.1) is 17.8 Å². The van der Waals surface area contributed by atoms with Crippen LogP contribution in [-0.4, -0.2) is 19.5 Å². The van der Waals surface area contributed by atoms with Crippen molar-refractivity contribution in [2.75, 3.05) is 13.7 Å². The Bertz CT molecular complexity index is 208. The Morgan fingerprint density at radius 1 is 1.64 bits per heavy atom. The maximum absolute atomic E-state index is 11.2. The van der Waals surface area contributed by atoms with Gasteiger partial charge in [0, 0.05) is 25.4 Å². The molecule has 0 spiro atoms. The van der Waals surface area contributed by atoms with Gasteiger partial charge in [-0.25, -0.2) is 0 Å². The van der Waals surface area contributed by atoms with Crippen LogP contribution in [0.2, 0.25) is 0 Å². The van der Waals surface area contributed by atoms with Crippen molar-refractivity contribution in [1.82, 2.24) is 0 Å². The van der Waals surface area contributed by atoms with Gasteiger partial charge in [0.2, 0.25) is 0 Å². The van der Waals surface area contributed by atoms with Crippen LogP contribution in [0.15, 0.2) is 12.2 Å². The number of fused-ring (bicyclic) bond motifs is 2. The summed E-state index contributed by atoms with van der Waals surface area (Å²) < 4.78 is 5.06. The zero-order valence-corrected chi connectivity index (χ0v) is 6.62. The summed E-state index contributed by atoms with van der Waals surface area (Å²) in [6, 6.07) is 0. The second-order valence-corrected chi connectivity index (χ2v) is 3.36. The molecule has 0 aliphatic heterocycles. The number of ketones is 1. The van der Waals surface area contributed by atoms with Crippen molar-refractivity contribution in [3.8, 4) is 0 Å². The van der Waals surface area contributed by atoms with E-state index in [4.69, 9.17) is 4.74 Å². The molecule has 2 bridgehead atoms. The van der Waals surface area contributed by atoms with Crippen molar-refractivity contribution in [2.45, 2.75) is 6.42 Å². The molecule has 0 amide bonds. The molecule has 2 nitrogen and oxygen atoms in total. The fourth-order valence-electron chi connectivity index (χ4n) is 2.17. The van der Waals surface area contributed by atoms with Gasteiger partial charge in [-0.2, -0.15) is 0 Å². The van der Waals surface area contributed by atoms with Gasteiger partial charge in [0.25, 0.3) is 0 Å². The van der Waals surface area contributed by atoms with Gasteiger partial charge in [-0.05, 0) is 5.92 Å². The van der Waals surface area contributed by atoms with E-state index in [0.29, 0.717) is 17.6 Å². The normalized spacial score (nSPS) is 40.5. The molecular weight excluding hydrogens is 140 g/mol. The Kier molecular flexibility index (Phi) is 1.57. The number of allylic oxidation sites excluding steroid dienone is 2. The Morgan fingerprint density at radius 2 is 2.45 bits per heavy atom. The minimum absolute atomic E-state index is 0.181. The molecule has 0 unspecified atom stereocenters. The maximum Gasteiger partial charge on any atom is 0.140 e. The van der Waals surface area contributed by atoms with Crippen LogP contribution < -0.4 is 0 Å². The Labute approximate surface area is 66.2 Å². The number of hydrogen-bond acceptors (Lipinski definition) is 2. The van der Waals surface area contributed by atoms with Gasteiger partial charge in [0.05, 0.1) is 6.61 Å². The van der Waals surface area contributed by atoms with Gasteiger partial charge in [-0.3, -0.25) is 4.79 Å². The van der Waals surface area contributed by atoms with Crippen LogP contribution in [-0.2, 0) is 9.53 Å². The lowest BCUT2D eigenvalue weighted by Gasteiger charge is -2.11. The van der Waals surface area contributed by atoms with Gasteiger partial charge in [-0.1, -0.05) is 12.2 Å². The second kappa shape index (κ2) is 2.45. The van der Waals surface area contributed by atoms with E-state index in [1.165, 1.54) is 0 Å². The van der Waals surface area contributed by atoms with Crippen molar-refractivity contribution < 1.29 is 9.53 Å². The fourth-order valence-corrected chi connectivity index (χ4v) is 2.17. The molecule has 60 valence electrons. The maximum atomic E-state index is 11.2. The monoisotopic (exact) mass is 152 g/mol. The minimum atomic E-state index is 0.181. The first kappa shape index (κ1) is 7.04. The predicted octanol–water partition coefficient (Wildman–Crippen LogP) is 1.02. The number of methoxy groups -OCH3 is 1. The van der Waals surface area contributed by atoms with Gasteiger partial charge in [0.15, 0.2) is 0 Å². The van der Waals surface area contributed by atoms with Gasteiger partial charge in [-0.15, -0.1) is 0 Å². The molecule has 2 aliphatic carbocycles. The lowest BCUT2D eigenvalue weighted by atomic mass is 9.98. The van der Waals surface area contributed by atoms with Gasteiger partial charge >= 0.3 is 0 Å². The fraction of sp³-hybridized carbons (Fsp3) is 0.667. The molecule has 2 heteroatoms. The Hall–Kier alpha value is -0.630. The summed E-state index contributed by atoms with van der Waals surface area (Å²) in [6.07, 6.45) is 4.95. The van der Waals surface area contributed by atoms with E-state index in [-0.39, 0.29) is 5.92 Å². The van der Waals surface area contributed by atoms with E-state index in [1.807, 2.05) is 6.08 Å². The molecule has 11 heavy (non-hydrogen) atoms. The average molecular weight is 152 g/mol. The molecule has 0 aromatic heterocycles. The number of hydrogen-bond donors (Lipinski definition) is 0. The van der Waals surface area contributed by atoms with E-state index in [9.17, 15) is 4.79 Å². The summed E-state index contributed by atoms with van der Waals surface area (Å²) in [5.41, 5.74) is 0. The number of Topliss-reactive ketones (excluding diaryl/α,β-unsaturated/α-hetero) is 1. The SMILES string of the molecule is COC[C@H]1[C@H]2C=C[C@H]1C(=O)C2. The molecule has 0 N–H and O–H groups in total. The highest BCUT2D eigenvalue weighted by molar-refractivity contribution is 5.87. The van der Waals surface area contributed by atoms with Crippen LogP contribution in [0.5, 0.6) is 0 Å². The number of rotatable bonds is 2. The van der Waals surface area contributed by atoms with Crippen LogP contribution in [0.1, 0.15) is 6.42 Å². The lowest BCUT2D eigenvalue weighted by molar-refractivity contribution is -0.120. The largest absolute Gasteiger partial charge is 0.384 e. The summed E-state index contributed by atoms with van der Waals surface area (Å²) in [4.78, 5) is 11.2. The summed E-state index contributed by atoms with van der Waals surface area (Å²) in [7, 11) is 1.70. The van der Waals surface area contributed by atoms with Crippen LogP contribution >= 0.6 is 0 Å². The number of carbonyl (C=O) groups excluding carboxylic acids is 1. The Morgan fingerprint density at radius 3 is 2.91 bits per heavy atom. The van der Waals surface area contributed by atoms with Crippen molar-refractivity contribution in [2.24, 2.45) is 17.8 Å². The van der Waals surface area contributed by atoms with Gasteiger partial charge < -0.3 is 4.74 Å². The summed E-state index contributed by atoms with van der Waals surface area (Å²) >= 11 is 0. The minimum Gasteiger partial charge on any atom is -0.384 e. The predicted molar refractivity (Wildman–Crippen MR) is 41.1 cm³/mol. The van der Waals surface area contributed by atoms with Crippen LogP contribution in [0.4, 0.5) is 0 Å². The summed E-state index contributed by atoms with van der Waals surface area (Å²) in [6.45, 7) is 0.730. The molecule has 0 saturated heterocycles. The van der Waals surface area contributed by atoms with E-state index >= 15 is 0 Å². The third kappa shape index (κ3) is 0.932.